The molecule has 2 atom stereocenters. The molecule has 0 aromatic heterocycles. The van der Waals surface area contributed by atoms with Crippen LogP contribution in [0.25, 0.3) is 0 Å². The average Bonchev–Trinajstić information content (AvgIpc) is 2.83. The Morgan fingerprint density at radius 3 is 3.11 bits per heavy atom. The topological polar surface area (TPSA) is 24.5 Å². The number of fused-ring (bicyclic) bond motifs is 1. The molecular formula is C16H24N2O. The minimum absolute atomic E-state index is 0.608. The summed E-state index contributed by atoms with van der Waals surface area (Å²) in [5.41, 5.74) is 1.20. The van der Waals surface area contributed by atoms with Gasteiger partial charge in [0.15, 0.2) is 0 Å². The van der Waals surface area contributed by atoms with E-state index >= 15 is 0 Å². The minimum Gasteiger partial charge on any atom is -0.494 e. The smallest absolute Gasteiger partial charge is 0.121 e. The molecule has 0 aliphatic carbocycles. The van der Waals surface area contributed by atoms with Crippen molar-refractivity contribution in [3.63, 3.8) is 0 Å². The molecular weight excluding hydrogens is 236 g/mol. The van der Waals surface area contributed by atoms with Gasteiger partial charge >= 0.3 is 0 Å². The summed E-state index contributed by atoms with van der Waals surface area (Å²) in [4.78, 5) is 2.66. The third-order valence-corrected chi connectivity index (χ3v) is 4.35. The summed E-state index contributed by atoms with van der Waals surface area (Å²) in [5.74, 6) is 0.964. The molecule has 0 spiro atoms. The quantitative estimate of drug-likeness (QED) is 0.900. The number of nitrogens with one attached hydrogen (secondary N) is 1. The van der Waals surface area contributed by atoms with Crippen molar-refractivity contribution in [3.05, 3.63) is 24.3 Å². The number of rotatable bonds is 4. The highest BCUT2D eigenvalue weighted by molar-refractivity contribution is 5.49. The van der Waals surface area contributed by atoms with Gasteiger partial charge in [-0.05, 0) is 44.9 Å². The average molecular weight is 260 g/mol. The molecule has 1 N–H and O–H groups in total. The van der Waals surface area contributed by atoms with Gasteiger partial charge in [-0.3, -0.25) is 4.90 Å². The largest absolute Gasteiger partial charge is 0.494 e. The molecule has 3 nitrogen and oxygen atoms in total. The highest BCUT2D eigenvalue weighted by Gasteiger charge is 2.35. The van der Waals surface area contributed by atoms with Crippen molar-refractivity contribution in [2.24, 2.45) is 0 Å². The highest BCUT2D eigenvalue weighted by atomic mass is 16.5. The lowest BCUT2D eigenvalue weighted by Crippen LogP contribution is -2.41. The van der Waals surface area contributed by atoms with Crippen molar-refractivity contribution in [3.8, 4) is 5.75 Å². The van der Waals surface area contributed by atoms with E-state index in [1.807, 2.05) is 13.0 Å². The molecule has 2 fully saturated rings. The number of hydrogen-bond donors (Lipinski definition) is 1. The van der Waals surface area contributed by atoms with Crippen LogP contribution in [0, 0.1) is 0 Å². The highest BCUT2D eigenvalue weighted by Crippen LogP contribution is 2.30. The lowest BCUT2D eigenvalue weighted by molar-refractivity contribution is 0.193. The van der Waals surface area contributed by atoms with E-state index in [4.69, 9.17) is 4.74 Å². The molecule has 0 saturated carbocycles. The Balaban J connectivity index is 1.66. The van der Waals surface area contributed by atoms with Gasteiger partial charge in [-0.1, -0.05) is 12.5 Å². The Labute approximate surface area is 115 Å². The van der Waals surface area contributed by atoms with Crippen LogP contribution in [0.4, 0.5) is 5.69 Å². The van der Waals surface area contributed by atoms with E-state index in [0.717, 1.165) is 18.4 Å². The summed E-state index contributed by atoms with van der Waals surface area (Å²) < 4.78 is 5.57. The van der Waals surface area contributed by atoms with Crippen LogP contribution in [0.1, 0.15) is 32.6 Å². The molecule has 0 radical (unpaired) electrons. The van der Waals surface area contributed by atoms with Gasteiger partial charge in [-0.25, -0.2) is 0 Å². The van der Waals surface area contributed by atoms with Crippen molar-refractivity contribution >= 4 is 5.69 Å². The third-order valence-electron chi connectivity index (χ3n) is 4.35. The molecule has 2 heterocycles. The summed E-state index contributed by atoms with van der Waals surface area (Å²) in [7, 11) is 0. The van der Waals surface area contributed by atoms with E-state index in [0.29, 0.717) is 6.04 Å². The summed E-state index contributed by atoms with van der Waals surface area (Å²) in [5, 5.41) is 3.72. The van der Waals surface area contributed by atoms with Gasteiger partial charge in [0, 0.05) is 30.4 Å². The second-order valence-electron chi connectivity index (χ2n) is 5.60. The molecule has 2 unspecified atom stereocenters. The van der Waals surface area contributed by atoms with Gasteiger partial charge in [0.1, 0.15) is 5.75 Å². The number of nitrogens with zero attached hydrogens (tertiary/aromatic N) is 1. The number of hydrogen-bond acceptors (Lipinski definition) is 3. The zero-order valence-corrected chi connectivity index (χ0v) is 11.8. The first-order valence-electron chi connectivity index (χ1n) is 7.60. The Morgan fingerprint density at radius 1 is 1.26 bits per heavy atom. The second kappa shape index (κ2) is 5.83. The van der Waals surface area contributed by atoms with Gasteiger partial charge < -0.3 is 10.1 Å². The van der Waals surface area contributed by atoms with Gasteiger partial charge in [-0.2, -0.15) is 0 Å². The van der Waals surface area contributed by atoms with Crippen LogP contribution in [0.2, 0.25) is 0 Å². The zero-order valence-electron chi connectivity index (χ0n) is 11.8. The lowest BCUT2D eigenvalue weighted by atomic mass is 9.99. The molecule has 1 aromatic carbocycles. The monoisotopic (exact) mass is 260 g/mol. The third kappa shape index (κ3) is 2.86. The SMILES string of the molecule is CCOc1cccc(NC2CCN3CCCCC23)c1. The normalized spacial score (nSPS) is 27.0. The van der Waals surface area contributed by atoms with Crippen LogP contribution in [0.15, 0.2) is 24.3 Å². The van der Waals surface area contributed by atoms with E-state index in [1.165, 1.54) is 44.5 Å². The number of ether oxygens (including phenoxy) is 1. The van der Waals surface area contributed by atoms with E-state index in [1.54, 1.807) is 0 Å². The summed E-state index contributed by atoms with van der Waals surface area (Å²) in [6.07, 6.45) is 5.38. The van der Waals surface area contributed by atoms with Crippen LogP contribution in [-0.4, -0.2) is 36.7 Å². The van der Waals surface area contributed by atoms with Gasteiger partial charge in [0.25, 0.3) is 0 Å². The van der Waals surface area contributed by atoms with Crippen LogP contribution < -0.4 is 10.1 Å². The second-order valence-corrected chi connectivity index (χ2v) is 5.60. The van der Waals surface area contributed by atoms with E-state index in [-0.39, 0.29) is 0 Å². The van der Waals surface area contributed by atoms with Crippen molar-refractivity contribution in [2.75, 3.05) is 25.0 Å². The first-order chi connectivity index (χ1) is 9.36. The predicted octanol–water partition coefficient (Wildman–Crippen LogP) is 3.12. The summed E-state index contributed by atoms with van der Waals surface area (Å²) in [6.45, 7) is 5.30. The number of piperidine rings is 1. The standard InChI is InChI=1S/C16H24N2O/c1-2-19-14-7-5-6-13(12-14)17-15-9-11-18-10-4-3-8-16(15)18/h5-7,12,15-17H,2-4,8-11H2,1H3. The van der Waals surface area contributed by atoms with Gasteiger partial charge in [0.2, 0.25) is 0 Å². The predicted molar refractivity (Wildman–Crippen MR) is 78.9 cm³/mol. The summed E-state index contributed by atoms with van der Waals surface area (Å²) in [6, 6.07) is 9.71. The lowest BCUT2D eigenvalue weighted by Gasteiger charge is -2.33. The Bertz CT molecular complexity index is 421. The molecule has 0 amide bonds. The summed E-state index contributed by atoms with van der Waals surface area (Å²) >= 11 is 0. The van der Waals surface area contributed by atoms with Crippen LogP contribution in [-0.2, 0) is 0 Å². The maximum Gasteiger partial charge on any atom is 0.121 e. The molecule has 3 rings (SSSR count). The molecule has 2 saturated heterocycles. The maximum atomic E-state index is 5.57. The van der Waals surface area contributed by atoms with Gasteiger partial charge in [0.05, 0.1) is 6.61 Å². The molecule has 19 heavy (non-hydrogen) atoms. The van der Waals surface area contributed by atoms with Crippen molar-refractivity contribution in [1.82, 2.24) is 4.90 Å². The Morgan fingerprint density at radius 2 is 2.21 bits per heavy atom. The Kier molecular flexibility index (Phi) is 3.92. The van der Waals surface area contributed by atoms with E-state index < -0.39 is 0 Å². The molecule has 3 heteroatoms. The molecule has 1 aromatic rings. The zero-order chi connectivity index (χ0) is 13.1. The van der Waals surface area contributed by atoms with Crippen LogP contribution in [0.3, 0.4) is 0 Å². The van der Waals surface area contributed by atoms with E-state index in [9.17, 15) is 0 Å². The molecule has 2 aliphatic rings. The number of benzene rings is 1. The molecule has 104 valence electrons. The van der Waals surface area contributed by atoms with Crippen molar-refractivity contribution in [2.45, 2.75) is 44.7 Å². The number of anilines is 1. The first kappa shape index (κ1) is 12.8. The Hall–Kier alpha value is -1.22. The fourth-order valence-corrected chi connectivity index (χ4v) is 3.47. The maximum absolute atomic E-state index is 5.57. The van der Waals surface area contributed by atoms with Crippen LogP contribution in [0.5, 0.6) is 5.75 Å². The van der Waals surface area contributed by atoms with Gasteiger partial charge in [-0.15, -0.1) is 0 Å². The van der Waals surface area contributed by atoms with Crippen LogP contribution >= 0.6 is 0 Å². The first-order valence-corrected chi connectivity index (χ1v) is 7.60. The fraction of sp³-hybridized carbons (Fsp3) is 0.625. The minimum atomic E-state index is 0.608. The molecule has 0 bridgehead atoms. The fourth-order valence-electron chi connectivity index (χ4n) is 3.47. The van der Waals surface area contributed by atoms with E-state index in [2.05, 4.69) is 28.4 Å². The molecule has 2 aliphatic heterocycles. The van der Waals surface area contributed by atoms with Crippen molar-refractivity contribution < 1.29 is 4.74 Å². The van der Waals surface area contributed by atoms with Crippen molar-refractivity contribution in [1.29, 1.82) is 0 Å².